The second-order valence-corrected chi connectivity index (χ2v) is 3.48. The monoisotopic (exact) mass is 236 g/mol. The molecule has 0 saturated carbocycles. The van der Waals surface area contributed by atoms with Crippen LogP contribution in [0.25, 0.3) is 0 Å². The van der Waals surface area contributed by atoms with E-state index in [-0.39, 0.29) is 24.9 Å². The second-order valence-electron chi connectivity index (χ2n) is 3.48. The van der Waals surface area contributed by atoms with Crippen LogP contribution in [0.1, 0.15) is 13.8 Å². The number of esters is 1. The SMILES string of the molecule is CC(=O)OCC(=O)N1CCNC(C)C1.Cl. The Labute approximate surface area is 95.6 Å². The van der Waals surface area contributed by atoms with Crippen molar-refractivity contribution in [2.75, 3.05) is 26.2 Å². The molecule has 1 heterocycles. The van der Waals surface area contributed by atoms with Crippen LogP contribution < -0.4 is 5.32 Å². The van der Waals surface area contributed by atoms with E-state index >= 15 is 0 Å². The van der Waals surface area contributed by atoms with Crippen molar-refractivity contribution in [1.29, 1.82) is 0 Å². The molecule has 1 aliphatic heterocycles. The lowest BCUT2D eigenvalue weighted by atomic mass is 10.2. The van der Waals surface area contributed by atoms with Crippen molar-refractivity contribution in [3.05, 3.63) is 0 Å². The van der Waals surface area contributed by atoms with Gasteiger partial charge in [0.1, 0.15) is 0 Å². The van der Waals surface area contributed by atoms with Crippen molar-refractivity contribution in [3.8, 4) is 0 Å². The van der Waals surface area contributed by atoms with Crippen LogP contribution in [0.15, 0.2) is 0 Å². The lowest BCUT2D eigenvalue weighted by molar-refractivity contribution is -0.150. The van der Waals surface area contributed by atoms with E-state index in [1.54, 1.807) is 4.90 Å². The fourth-order valence-electron chi connectivity index (χ4n) is 1.41. The Balaban J connectivity index is 0.00000196. The van der Waals surface area contributed by atoms with Gasteiger partial charge in [-0.25, -0.2) is 0 Å². The van der Waals surface area contributed by atoms with Gasteiger partial charge < -0.3 is 15.0 Å². The minimum absolute atomic E-state index is 0. The zero-order chi connectivity index (χ0) is 10.6. The zero-order valence-electron chi connectivity index (χ0n) is 8.99. The summed E-state index contributed by atoms with van der Waals surface area (Å²) in [5.74, 6) is -0.532. The van der Waals surface area contributed by atoms with Crippen LogP contribution >= 0.6 is 12.4 Å². The molecule has 0 aliphatic carbocycles. The number of ether oxygens (including phenoxy) is 1. The van der Waals surface area contributed by atoms with Crippen molar-refractivity contribution in [2.24, 2.45) is 0 Å². The first-order valence-corrected chi connectivity index (χ1v) is 4.74. The van der Waals surface area contributed by atoms with Gasteiger partial charge in [0.2, 0.25) is 0 Å². The maximum Gasteiger partial charge on any atom is 0.303 e. The quantitative estimate of drug-likeness (QED) is 0.675. The van der Waals surface area contributed by atoms with Crippen LogP contribution in [0.5, 0.6) is 0 Å². The van der Waals surface area contributed by atoms with Crippen molar-refractivity contribution < 1.29 is 14.3 Å². The molecule has 6 heteroatoms. The Morgan fingerprint density at radius 1 is 1.53 bits per heavy atom. The van der Waals surface area contributed by atoms with Crippen molar-refractivity contribution in [1.82, 2.24) is 10.2 Å². The summed E-state index contributed by atoms with van der Waals surface area (Å²) in [4.78, 5) is 23.7. The molecule has 0 spiro atoms. The van der Waals surface area contributed by atoms with Crippen LogP contribution in [-0.4, -0.2) is 49.1 Å². The minimum Gasteiger partial charge on any atom is -0.456 e. The fourth-order valence-corrected chi connectivity index (χ4v) is 1.41. The molecule has 1 N–H and O–H groups in total. The normalized spacial score (nSPS) is 20.4. The van der Waals surface area contributed by atoms with Crippen LogP contribution in [0.3, 0.4) is 0 Å². The Bertz CT molecular complexity index is 235. The van der Waals surface area contributed by atoms with E-state index in [0.29, 0.717) is 19.1 Å². The van der Waals surface area contributed by atoms with Crippen LogP contribution in [0.4, 0.5) is 0 Å². The molecule has 1 aliphatic rings. The molecule has 88 valence electrons. The first-order valence-electron chi connectivity index (χ1n) is 4.74. The van der Waals surface area contributed by atoms with E-state index in [9.17, 15) is 9.59 Å². The molecule has 0 radical (unpaired) electrons. The van der Waals surface area contributed by atoms with E-state index in [4.69, 9.17) is 0 Å². The minimum atomic E-state index is -0.415. The van der Waals surface area contributed by atoms with Crippen LogP contribution in [-0.2, 0) is 14.3 Å². The first-order chi connectivity index (χ1) is 6.59. The topological polar surface area (TPSA) is 58.6 Å². The standard InChI is InChI=1S/C9H16N2O3.ClH/c1-7-5-11(4-3-10-7)9(13)6-14-8(2)12;/h7,10H,3-6H2,1-2H3;1H. The Kier molecular flexibility index (Phi) is 6.27. The van der Waals surface area contributed by atoms with Gasteiger partial charge in [-0.1, -0.05) is 0 Å². The maximum atomic E-state index is 11.5. The lowest BCUT2D eigenvalue weighted by Crippen LogP contribution is -2.52. The third kappa shape index (κ3) is 4.99. The van der Waals surface area contributed by atoms with E-state index in [2.05, 4.69) is 10.1 Å². The summed E-state index contributed by atoms with van der Waals surface area (Å²) in [6.07, 6.45) is 0. The number of nitrogens with zero attached hydrogens (tertiary/aromatic N) is 1. The molecule has 15 heavy (non-hydrogen) atoms. The molecule has 1 saturated heterocycles. The number of hydrogen-bond donors (Lipinski definition) is 1. The summed E-state index contributed by atoms with van der Waals surface area (Å²) < 4.78 is 4.64. The molecule has 5 nitrogen and oxygen atoms in total. The highest BCUT2D eigenvalue weighted by atomic mass is 35.5. The summed E-state index contributed by atoms with van der Waals surface area (Å²) >= 11 is 0. The second kappa shape index (κ2) is 6.63. The summed E-state index contributed by atoms with van der Waals surface area (Å²) in [6.45, 7) is 5.35. The van der Waals surface area contributed by atoms with Crippen LogP contribution in [0, 0.1) is 0 Å². The average molecular weight is 237 g/mol. The van der Waals surface area contributed by atoms with Gasteiger partial charge in [-0.15, -0.1) is 12.4 Å². The zero-order valence-corrected chi connectivity index (χ0v) is 9.80. The summed E-state index contributed by atoms with van der Waals surface area (Å²) in [6, 6.07) is 0.310. The Hall–Kier alpha value is -0.810. The van der Waals surface area contributed by atoms with Gasteiger partial charge in [-0.05, 0) is 6.92 Å². The number of carbonyl (C=O) groups excluding carboxylic acids is 2. The van der Waals surface area contributed by atoms with Crippen LogP contribution in [0.2, 0.25) is 0 Å². The largest absolute Gasteiger partial charge is 0.456 e. The first kappa shape index (κ1) is 14.2. The fraction of sp³-hybridized carbons (Fsp3) is 0.778. The van der Waals surface area contributed by atoms with E-state index in [1.165, 1.54) is 6.92 Å². The van der Waals surface area contributed by atoms with E-state index < -0.39 is 5.97 Å². The Morgan fingerprint density at radius 3 is 2.73 bits per heavy atom. The van der Waals surface area contributed by atoms with Crippen molar-refractivity contribution in [3.63, 3.8) is 0 Å². The number of piperazine rings is 1. The van der Waals surface area contributed by atoms with Gasteiger partial charge in [0, 0.05) is 32.6 Å². The number of nitrogens with one attached hydrogen (secondary N) is 1. The van der Waals surface area contributed by atoms with Gasteiger partial charge >= 0.3 is 5.97 Å². The molecular weight excluding hydrogens is 220 g/mol. The predicted octanol–water partition coefficient (Wildman–Crippen LogP) is -0.208. The Morgan fingerprint density at radius 2 is 2.20 bits per heavy atom. The average Bonchev–Trinajstić information content (AvgIpc) is 2.14. The number of carbonyl (C=O) groups is 2. The highest BCUT2D eigenvalue weighted by molar-refractivity contribution is 5.85. The molecule has 0 aromatic heterocycles. The van der Waals surface area contributed by atoms with Gasteiger partial charge in [0.05, 0.1) is 0 Å². The highest BCUT2D eigenvalue weighted by Crippen LogP contribution is 1.99. The molecule has 1 rings (SSSR count). The van der Waals surface area contributed by atoms with Gasteiger partial charge in [0.15, 0.2) is 6.61 Å². The number of halogens is 1. The number of rotatable bonds is 2. The lowest BCUT2D eigenvalue weighted by Gasteiger charge is -2.31. The molecule has 0 aromatic rings. The third-order valence-electron chi connectivity index (χ3n) is 2.12. The number of hydrogen-bond acceptors (Lipinski definition) is 4. The summed E-state index contributed by atoms with van der Waals surface area (Å²) in [7, 11) is 0. The summed E-state index contributed by atoms with van der Waals surface area (Å²) in [5, 5.41) is 3.23. The van der Waals surface area contributed by atoms with Gasteiger partial charge in [-0.2, -0.15) is 0 Å². The van der Waals surface area contributed by atoms with E-state index in [0.717, 1.165) is 6.54 Å². The summed E-state index contributed by atoms with van der Waals surface area (Å²) in [5.41, 5.74) is 0. The number of amides is 1. The predicted molar refractivity (Wildman–Crippen MR) is 57.9 cm³/mol. The molecule has 0 aromatic carbocycles. The van der Waals surface area contributed by atoms with Gasteiger partial charge in [-0.3, -0.25) is 9.59 Å². The van der Waals surface area contributed by atoms with Crippen molar-refractivity contribution >= 4 is 24.3 Å². The molecule has 1 amide bonds. The molecule has 1 fully saturated rings. The molecule has 1 unspecified atom stereocenters. The maximum absolute atomic E-state index is 11.5. The molecule has 0 bridgehead atoms. The highest BCUT2D eigenvalue weighted by Gasteiger charge is 2.20. The third-order valence-corrected chi connectivity index (χ3v) is 2.12. The van der Waals surface area contributed by atoms with Gasteiger partial charge in [0.25, 0.3) is 5.91 Å². The smallest absolute Gasteiger partial charge is 0.303 e. The van der Waals surface area contributed by atoms with E-state index in [1.807, 2.05) is 6.92 Å². The molecular formula is C9H17ClN2O3. The molecule has 1 atom stereocenters. The van der Waals surface area contributed by atoms with Crippen molar-refractivity contribution in [2.45, 2.75) is 19.9 Å².